The molecule has 0 radical (unpaired) electrons. The van der Waals surface area contributed by atoms with Gasteiger partial charge in [0, 0.05) is 33.7 Å². The molecule has 3 aromatic rings. The van der Waals surface area contributed by atoms with Crippen LogP contribution in [0.2, 0.25) is 0 Å². The van der Waals surface area contributed by atoms with Crippen LogP contribution in [0.4, 0.5) is 17.1 Å². The Kier molecular flexibility index (Phi) is 10.9. The number of allylic oxidation sites excluding steroid dienone is 3. The molecule has 0 spiro atoms. The van der Waals surface area contributed by atoms with E-state index in [9.17, 15) is 14.4 Å². The van der Waals surface area contributed by atoms with Crippen molar-refractivity contribution in [3.8, 4) is 0 Å². The van der Waals surface area contributed by atoms with Crippen molar-refractivity contribution >= 4 is 70.7 Å². The molecule has 0 saturated heterocycles. The Morgan fingerprint density at radius 3 is 0.892 bits per heavy atom. The standard InChI is InChI=1S/C30H24Cl3NO3/c31-16-13-25(19-35)22-1-7-28(8-2-22)34(29-9-3-23(4-10-29)26(20-36)14-17-32)30-11-5-24(6-12-30)27(21-37)15-18-33/h1-21,25-27H. The zero-order valence-corrected chi connectivity index (χ0v) is 21.9. The van der Waals surface area contributed by atoms with E-state index in [1.807, 2.05) is 77.7 Å². The van der Waals surface area contributed by atoms with Gasteiger partial charge in [-0.2, -0.15) is 0 Å². The first-order valence-electron chi connectivity index (χ1n) is 11.4. The highest BCUT2D eigenvalue weighted by atomic mass is 35.5. The molecule has 188 valence electrons. The summed E-state index contributed by atoms with van der Waals surface area (Å²) in [6.07, 6.45) is 7.37. The zero-order chi connectivity index (χ0) is 26.6. The van der Waals surface area contributed by atoms with E-state index >= 15 is 0 Å². The van der Waals surface area contributed by atoms with E-state index in [0.717, 1.165) is 52.6 Å². The molecule has 0 fully saturated rings. The van der Waals surface area contributed by atoms with Crippen molar-refractivity contribution in [2.45, 2.75) is 17.8 Å². The highest BCUT2D eigenvalue weighted by Crippen LogP contribution is 2.36. The zero-order valence-electron chi connectivity index (χ0n) is 19.7. The molecule has 0 N–H and O–H groups in total. The average Bonchev–Trinajstić information content (AvgIpc) is 2.95. The summed E-state index contributed by atoms with van der Waals surface area (Å²) in [5.74, 6) is -1.32. The number of carbonyl (C=O) groups excluding carboxylic acids is 3. The van der Waals surface area contributed by atoms with Crippen molar-refractivity contribution in [1.82, 2.24) is 0 Å². The number of benzene rings is 3. The molecule has 0 amide bonds. The normalized spacial score (nSPS) is 14.0. The van der Waals surface area contributed by atoms with Crippen LogP contribution in [0.3, 0.4) is 0 Å². The van der Waals surface area contributed by atoms with Crippen LogP contribution >= 0.6 is 34.8 Å². The second kappa shape index (κ2) is 14.3. The first kappa shape index (κ1) is 28.1. The highest BCUT2D eigenvalue weighted by Gasteiger charge is 2.16. The van der Waals surface area contributed by atoms with Crippen molar-refractivity contribution in [1.29, 1.82) is 0 Å². The maximum Gasteiger partial charge on any atom is 0.131 e. The third kappa shape index (κ3) is 7.07. The average molecular weight is 553 g/mol. The predicted molar refractivity (Wildman–Crippen MR) is 153 cm³/mol. The Hall–Kier alpha value is -3.44. The monoisotopic (exact) mass is 551 g/mol. The van der Waals surface area contributed by atoms with Crippen molar-refractivity contribution < 1.29 is 14.4 Å². The van der Waals surface area contributed by atoms with Crippen LogP contribution in [0.1, 0.15) is 34.4 Å². The molecule has 3 aromatic carbocycles. The summed E-state index contributed by atoms with van der Waals surface area (Å²) in [7, 11) is 0. The molecule has 3 rings (SSSR count). The topological polar surface area (TPSA) is 54.5 Å². The Labute approximate surface area is 231 Å². The SMILES string of the molecule is O=CC(C=CCl)c1ccc(N(c2ccc(C(C=O)C=CCl)cc2)c2ccc(C(C=O)C=CCl)cc2)cc1. The van der Waals surface area contributed by atoms with Crippen LogP contribution < -0.4 is 4.90 Å². The van der Waals surface area contributed by atoms with Gasteiger partial charge in [0.2, 0.25) is 0 Å². The Morgan fingerprint density at radius 2 is 0.703 bits per heavy atom. The third-order valence-electron chi connectivity index (χ3n) is 5.89. The van der Waals surface area contributed by atoms with Crippen LogP contribution in [0.15, 0.2) is 108 Å². The number of rotatable bonds is 12. The molecule has 3 atom stereocenters. The molecule has 0 heterocycles. The lowest BCUT2D eigenvalue weighted by Crippen LogP contribution is -2.11. The number of nitrogens with zero attached hydrogens (tertiary/aromatic N) is 1. The predicted octanol–water partition coefficient (Wildman–Crippen LogP) is 8.26. The van der Waals surface area contributed by atoms with Crippen LogP contribution in [0, 0.1) is 0 Å². The molecule has 37 heavy (non-hydrogen) atoms. The second-order valence-corrected chi connectivity index (χ2v) is 8.81. The van der Waals surface area contributed by atoms with E-state index in [-0.39, 0.29) is 0 Å². The summed E-state index contributed by atoms with van der Waals surface area (Å²) in [6, 6.07) is 22.8. The van der Waals surface area contributed by atoms with Crippen molar-refractivity contribution in [3.05, 3.63) is 124 Å². The van der Waals surface area contributed by atoms with Crippen molar-refractivity contribution in [3.63, 3.8) is 0 Å². The Bertz CT molecular complexity index is 1110. The molecule has 0 bridgehead atoms. The molecular formula is C30H24Cl3NO3. The first-order valence-corrected chi connectivity index (χ1v) is 12.7. The number of carbonyl (C=O) groups is 3. The first-order chi connectivity index (χ1) is 18.1. The van der Waals surface area contributed by atoms with Gasteiger partial charge in [0.05, 0.1) is 17.8 Å². The van der Waals surface area contributed by atoms with E-state index in [0.29, 0.717) is 0 Å². The fourth-order valence-corrected chi connectivity index (χ4v) is 4.39. The van der Waals surface area contributed by atoms with Gasteiger partial charge in [-0.3, -0.25) is 0 Å². The quantitative estimate of drug-likeness (QED) is 0.212. The lowest BCUT2D eigenvalue weighted by atomic mass is 9.98. The Balaban J connectivity index is 2.06. The van der Waals surface area contributed by atoms with Gasteiger partial charge in [0.15, 0.2) is 0 Å². The van der Waals surface area contributed by atoms with E-state index in [2.05, 4.69) is 0 Å². The molecule has 7 heteroatoms. The largest absolute Gasteiger partial charge is 0.311 e. The molecule has 0 aromatic heterocycles. The smallest absolute Gasteiger partial charge is 0.131 e. The molecule has 4 nitrogen and oxygen atoms in total. The van der Waals surface area contributed by atoms with Crippen LogP contribution in [-0.4, -0.2) is 18.9 Å². The van der Waals surface area contributed by atoms with Gasteiger partial charge < -0.3 is 19.3 Å². The minimum Gasteiger partial charge on any atom is -0.311 e. The highest BCUT2D eigenvalue weighted by molar-refractivity contribution is 6.26. The summed E-state index contributed by atoms with van der Waals surface area (Å²) in [5.41, 5.74) is 8.98. The number of hydrogen-bond acceptors (Lipinski definition) is 4. The van der Waals surface area contributed by atoms with Crippen molar-refractivity contribution in [2.75, 3.05) is 4.90 Å². The minimum absolute atomic E-state index is 0.441. The molecular weight excluding hydrogens is 529 g/mol. The van der Waals surface area contributed by atoms with Gasteiger partial charge in [-0.05, 0) is 53.1 Å². The molecule has 0 aliphatic rings. The van der Waals surface area contributed by atoms with E-state index in [1.54, 1.807) is 18.2 Å². The summed E-state index contributed by atoms with van der Waals surface area (Å²) >= 11 is 17.0. The lowest BCUT2D eigenvalue weighted by Gasteiger charge is -2.26. The lowest BCUT2D eigenvalue weighted by molar-refractivity contribution is -0.109. The number of hydrogen-bond donors (Lipinski definition) is 0. The maximum atomic E-state index is 11.5. The van der Waals surface area contributed by atoms with Gasteiger partial charge >= 0.3 is 0 Å². The number of aldehydes is 3. The third-order valence-corrected chi connectivity index (χ3v) is 6.33. The minimum atomic E-state index is -0.441. The van der Waals surface area contributed by atoms with Gasteiger partial charge in [0.25, 0.3) is 0 Å². The summed E-state index contributed by atoms with van der Waals surface area (Å²) in [5, 5.41) is 0. The second-order valence-electron chi connectivity index (χ2n) is 8.05. The molecule has 0 aliphatic heterocycles. The van der Waals surface area contributed by atoms with Crippen LogP contribution in [-0.2, 0) is 14.4 Å². The summed E-state index contributed by atoms with van der Waals surface area (Å²) < 4.78 is 0. The molecule has 0 aliphatic carbocycles. The van der Waals surface area contributed by atoms with E-state index in [4.69, 9.17) is 34.8 Å². The van der Waals surface area contributed by atoms with Gasteiger partial charge in [-0.1, -0.05) is 89.4 Å². The fraction of sp³-hybridized carbons (Fsp3) is 0.100. The van der Waals surface area contributed by atoms with E-state index < -0.39 is 17.8 Å². The van der Waals surface area contributed by atoms with Gasteiger partial charge in [-0.15, -0.1) is 0 Å². The molecule has 0 saturated carbocycles. The van der Waals surface area contributed by atoms with Crippen molar-refractivity contribution in [2.24, 2.45) is 0 Å². The number of anilines is 3. The molecule has 3 unspecified atom stereocenters. The fourth-order valence-electron chi connectivity index (χ4n) is 3.92. The van der Waals surface area contributed by atoms with E-state index in [1.165, 1.54) is 16.6 Å². The summed E-state index contributed by atoms with van der Waals surface area (Å²) in [4.78, 5) is 36.5. The maximum absolute atomic E-state index is 11.5. The number of halogens is 3. The summed E-state index contributed by atoms with van der Waals surface area (Å²) in [6.45, 7) is 0. The van der Waals surface area contributed by atoms with Gasteiger partial charge in [0.1, 0.15) is 18.9 Å². The Morgan fingerprint density at radius 1 is 0.459 bits per heavy atom. The van der Waals surface area contributed by atoms with Crippen LogP contribution in [0.25, 0.3) is 0 Å². The van der Waals surface area contributed by atoms with Gasteiger partial charge in [-0.25, -0.2) is 0 Å². The van der Waals surface area contributed by atoms with Crippen LogP contribution in [0.5, 0.6) is 0 Å².